The molecule has 0 aliphatic heterocycles. The second-order valence-electron chi connectivity index (χ2n) is 4.27. The summed E-state index contributed by atoms with van der Waals surface area (Å²) in [4.78, 5) is 0. The average molecular weight is 280 g/mol. The zero-order chi connectivity index (χ0) is 13.8. The molecular formula is C15H15ClFNO. The molecular weight excluding hydrogens is 265 g/mol. The van der Waals surface area contributed by atoms with Crippen LogP contribution < -0.4 is 10.1 Å². The van der Waals surface area contributed by atoms with Gasteiger partial charge in [0.05, 0.1) is 7.11 Å². The van der Waals surface area contributed by atoms with Crippen molar-refractivity contribution in [2.24, 2.45) is 0 Å². The Bertz CT molecular complexity index is 586. The van der Waals surface area contributed by atoms with Crippen molar-refractivity contribution in [2.75, 3.05) is 12.4 Å². The maximum atomic E-state index is 13.6. The minimum absolute atomic E-state index is 0.261. The summed E-state index contributed by atoms with van der Waals surface area (Å²) in [6.45, 7) is 2.36. The molecule has 0 aromatic heterocycles. The number of hydrogen-bond donors (Lipinski definition) is 1. The monoisotopic (exact) mass is 279 g/mol. The van der Waals surface area contributed by atoms with Crippen LogP contribution in [-0.2, 0) is 6.54 Å². The molecule has 0 spiro atoms. The Kier molecular flexibility index (Phi) is 4.27. The average Bonchev–Trinajstić information content (AvgIpc) is 2.40. The van der Waals surface area contributed by atoms with E-state index >= 15 is 0 Å². The zero-order valence-electron chi connectivity index (χ0n) is 10.8. The number of rotatable bonds is 4. The van der Waals surface area contributed by atoms with Gasteiger partial charge in [-0.2, -0.15) is 0 Å². The van der Waals surface area contributed by atoms with Crippen LogP contribution in [0.2, 0.25) is 5.02 Å². The summed E-state index contributed by atoms with van der Waals surface area (Å²) < 4.78 is 18.7. The lowest BCUT2D eigenvalue weighted by Gasteiger charge is -2.11. The van der Waals surface area contributed by atoms with Gasteiger partial charge in [0.2, 0.25) is 0 Å². The molecule has 0 fully saturated rings. The van der Waals surface area contributed by atoms with Gasteiger partial charge in [0.25, 0.3) is 0 Å². The number of halogens is 2. The van der Waals surface area contributed by atoms with Gasteiger partial charge >= 0.3 is 0 Å². The van der Waals surface area contributed by atoms with Gasteiger partial charge in [0, 0.05) is 22.8 Å². The van der Waals surface area contributed by atoms with E-state index in [1.54, 1.807) is 19.2 Å². The van der Waals surface area contributed by atoms with Crippen molar-refractivity contribution < 1.29 is 9.13 Å². The number of benzene rings is 2. The van der Waals surface area contributed by atoms with Gasteiger partial charge < -0.3 is 10.1 Å². The summed E-state index contributed by atoms with van der Waals surface area (Å²) in [7, 11) is 1.63. The third kappa shape index (κ3) is 3.38. The molecule has 0 aliphatic carbocycles. The summed E-state index contributed by atoms with van der Waals surface area (Å²) in [6.07, 6.45) is 0. The number of anilines is 1. The second kappa shape index (κ2) is 5.93. The van der Waals surface area contributed by atoms with Crippen LogP contribution in [0.15, 0.2) is 36.4 Å². The highest BCUT2D eigenvalue weighted by molar-refractivity contribution is 6.30. The lowest BCUT2D eigenvalue weighted by Crippen LogP contribution is -2.03. The van der Waals surface area contributed by atoms with Crippen LogP contribution in [0.25, 0.3) is 0 Å². The zero-order valence-corrected chi connectivity index (χ0v) is 11.6. The van der Waals surface area contributed by atoms with Crippen molar-refractivity contribution in [1.29, 1.82) is 0 Å². The molecule has 0 heterocycles. The maximum Gasteiger partial charge on any atom is 0.128 e. The molecule has 0 bridgehead atoms. The molecule has 2 rings (SSSR count). The first kappa shape index (κ1) is 13.7. The number of aryl methyl sites for hydroxylation is 1. The van der Waals surface area contributed by atoms with Gasteiger partial charge in [-0.05, 0) is 48.9 Å². The molecule has 2 aromatic carbocycles. The molecule has 0 unspecified atom stereocenters. The molecule has 100 valence electrons. The highest BCUT2D eigenvalue weighted by Gasteiger charge is 2.04. The van der Waals surface area contributed by atoms with E-state index in [2.05, 4.69) is 5.32 Å². The summed E-state index contributed by atoms with van der Waals surface area (Å²) in [6, 6.07) is 10.2. The third-order valence-electron chi connectivity index (χ3n) is 2.91. The van der Waals surface area contributed by atoms with Crippen molar-refractivity contribution >= 4 is 17.3 Å². The Morgan fingerprint density at radius 3 is 2.68 bits per heavy atom. The Balaban J connectivity index is 2.12. The smallest absolute Gasteiger partial charge is 0.128 e. The molecule has 2 aromatic rings. The summed E-state index contributed by atoms with van der Waals surface area (Å²) in [5, 5.41) is 3.73. The van der Waals surface area contributed by atoms with Gasteiger partial charge in [-0.15, -0.1) is 0 Å². The van der Waals surface area contributed by atoms with Gasteiger partial charge in [0.1, 0.15) is 11.6 Å². The Labute approximate surface area is 117 Å². The molecule has 0 aliphatic rings. The van der Waals surface area contributed by atoms with Crippen LogP contribution in [0.1, 0.15) is 11.1 Å². The first-order valence-electron chi connectivity index (χ1n) is 5.92. The second-order valence-corrected chi connectivity index (χ2v) is 4.71. The van der Waals surface area contributed by atoms with E-state index in [0.717, 1.165) is 17.0 Å². The van der Waals surface area contributed by atoms with Gasteiger partial charge in [-0.25, -0.2) is 4.39 Å². The van der Waals surface area contributed by atoms with Crippen molar-refractivity contribution in [3.05, 3.63) is 58.4 Å². The van der Waals surface area contributed by atoms with Crippen molar-refractivity contribution in [3.63, 3.8) is 0 Å². The molecule has 1 N–H and O–H groups in total. The number of hydrogen-bond acceptors (Lipinski definition) is 2. The molecule has 2 nitrogen and oxygen atoms in total. The van der Waals surface area contributed by atoms with E-state index in [0.29, 0.717) is 17.1 Å². The SMILES string of the molecule is COc1ccc(NCc2cc(Cl)ccc2F)c(C)c1. The van der Waals surface area contributed by atoms with E-state index in [9.17, 15) is 4.39 Å². The lowest BCUT2D eigenvalue weighted by atomic mass is 10.1. The van der Waals surface area contributed by atoms with E-state index < -0.39 is 0 Å². The van der Waals surface area contributed by atoms with Crippen LogP contribution in [0.4, 0.5) is 10.1 Å². The van der Waals surface area contributed by atoms with E-state index in [4.69, 9.17) is 16.3 Å². The summed E-state index contributed by atoms with van der Waals surface area (Å²) in [5.74, 6) is 0.542. The quantitative estimate of drug-likeness (QED) is 0.895. The summed E-state index contributed by atoms with van der Waals surface area (Å²) in [5.41, 5.74) is 2.53. The van der Waals surface area contributed by atoms with Crippen LogP contribution in [-0.4, -0.2) is 7.11 Å². The Morgan fingerprint density at radius 1 is 1.21 bits per heavy atom. The number of ether oxygens (including phenoxy) is 1. The van der Waals surface area contributed by atoms with Gasteiger partial charge in [-0.1, -0.05) is 11.6 Å². The molecule has 4 heteroatoms. The Morgan fingerprint density at radius 2 is 2.00 bits per heavy atom. The van der Waals surface area contributed by atoms with Crippen molar-refractivity contribution in [1.82, 2.24) is 0 Å². The topological polar surface area (TPSA) is 21.3 Å². The Hall–Kier alpha value is -1.74. The molecule has 0 amide bonds. The normalized spacial score (nSPS) is 10.3. The lowest BCUT2D eigenvalue weighted by molar-refractivity contribution is 0.414. The first-order valence-corrected chi connectivity index (χ1v) is 6.30. The van der Waals surface area contributed by atoms with Crippen LogP contribution in [0.3, 0.4) is 0 Å². The van der Waals surface area contributed by atoms with Crippen LogP contribution in [0, 0.1) is 12.7 Å². The fourth-order valence-corrected chi connectivity index (χ4v) is 2.03. The van der Waals surface area contributed by atoms with Crippen LogP contribution in [0.5, 0.6) is 5.75 Å². The highest BCUT2D eigenvalue weighted by Crippen LogP contribution is 2.22. The van der Waals surface area contributed by atoms with E-state index in [1.165, 1.54) is 6.07 Å². The fourth-order valence-electron chi connectivity index (χ4n) is 1.83. The van der Waals surface area contributed by atoms with E-state index in [-0.39, 0.29) is 5.82 Å². The molecule has 0 saturated carbocycles. The minimum atomic E-state index is -0.261. The predicted molar refractivity (Wildman–Crippen MR) is 76.5 cm³/mol. The molecule has 19 heavy (non-hydrogen) atoms. The molecule has 0 atom stereocenters. The molecule has 0 saturated heterocycles. The van der Waals surface area contributed by atoms with Gasteiger partial charge in [-0.3, -0.25) is 0 Å². The summed E-state index contributed by atoms with van der Waals surface area (Å²) >= 11 is 5.86. The minimum Gasteiger partial charge on any atom is -0.497 e. The van der Waals surface area contributed by atoms with Gasteiger partial charge in [0.15, 0.2) is 0 Å². The largest absolute Gasteiger partial charge is 0.497 e. The fraction of sp³-hybridized carbons (Fsp3) is 0.200. The maximum absolute atomic E-state index is 13.6. The van der Waals surface area contributed by atoms with Crippen LogP contribution >= 0.6 is 11.6 Å². The predicted octanol–water partition coefficient (Wildman–Crippen LogP) is 4.41. The first-order chi connectivity index (χ1) is 9.10. The highest BCUT2D eigenvalue weighted by atomic mass is 35.5. The van der Waals surface area contributed by atoms with Crippen molar-refractivity contribution in [3.8, 4) is 5.75 Å². The number of methoxy groups -OCH3 is 1. The van der Waals surface area contributed by atoms with Crippen molar-refractivity contribution in [2.45, 2.75) is 13.5 Å². The van der Waals surface area contributed by atoms with E-state index in [1.807, 2.05) is 25.1 Å². The third-order valence-corrected chi connectivity index (χ3v) is 3.15. The standard InChI is InChI=1S/C15H15ClFNO/c1-10-7-13(19-2)4-6-15(10)18-9-11-8-12(16)3-5-14(11)17/h3-8,18H,9H2,1-2H3. The molecule has 0 radical (unpaired) electrons. The number of nitrogens with one attached hydrogen (secondary N) is 1.